The highest BCUT2D eigenvalue weighted by Gasteiger charge is 2.43. The van der Waals surface area contributed by atoms with Gasteiger partial charge in [0.25, 0.3) is 0 Å². The number of nitrogens with zero attached hydrogens (tertiary/aromatic N) is 1. The van der Waals surface area contributed by atoms with Crippen LogP contribution in [-0.2, 0) is 16.1 Å². The van der Waals surface area contributed by atoms with Crippen molar-refractivity contribution in [3.63, 3.8) is 0 Å². The third-order valence-electron chi connectivity index (χ3n) is 4.61. The average molecular weight is 310 g/mol. The maximum Gasteiger partial charge on any atom is 0.248 e. The zero-order chi connectivity index (χ0) is 14.8. The van der Waals surface area contributed by atoms with Crippen LogP contribution in [0.15, 0.2) is 24.3 Å². The number of benzene rings is 1. The lowest BCUT2D eigenvalue weighted by molar-refractivity contribution is -0.135. The molecule has 4 nitrogen and oxygen atoms in total. The minimum atomic E-state index is -0.239. The summed E-state index contributed by atoms with van der Waals surface area (Å²) in [6.07, 6.45) is 1.66. The lowest BCUT2D eigenvalue weighted by atomic mass is 10.00. The SMILES string of the molecule is O=C(COCc1ccccc1Cl)N1C[C@H]2CC[C@@H](O)[C@H]2C1. The summed E-state index contributed by atoms with van der Waals surface area (Å²) < 4.78 is 5.49. The van der Waals surface area contributed by atoms with E-state index in [0.29, 0.717) is 24.1 Å². The van der Waals surface area contributed by atoms with Gasteiger partial charge in [-0.25, -0.2) is 0 Å². The van der Waals surface area contributed by atoms with Crippen molar-refractivity contribution in [1.29, 1.82) is 0 Å². The quantitative estimate of drug-likeness (QED) is 0.926. The van der Waals surface area contributed by atoms with E-state index in [0.717, 1.165) is 24.9 Å². The molecule has 1 aromatic rings. The van der Waals surface area contributed by atoms with Gasteiger partial charge in [0.2, 0.25) is 5.91 Å². The number of ether oxygens (including phenoxy) is 1. The van der Waals surface area contributed by atoms with Crippen LogP contribution in [0.25, 0.3) is 0 Å². The topological polar surface area (TPSA) is 49.8 Å². The van der Waals surface area contributed by atoms with Crippen LogP contribution >= 0.6 is 11.6 Å². The summed E-state index contributed by atoms with van der Waals surface area (Å²) in [6, 6.07) is 7.47. The van der Waals surface area contributed by atoms with Crippen LogP contribution in [0.1, 0.15) is 18.4 Å². The highest BCUT2D eigenvalue weighted by molar-refractivity contribution is 6.31. The second-order valence-electron chi connectivity index (χ2n) is 5.95. The van der Waals surface area contributed by atoms with Crippen LogP contribution in [0, 0.1) is 11.8 Å². The number of fused-ring (bicyclic) bond motifs is 1. The van der Waals surface area contributed by atoms with Crippen molar-refractivity contribution in [2.24, 2.45) is 11.8 Å². The van der Waals surface area contributed by atoms with Crippen LogP contribution in [0.5, 0.6) is 0 Å². The van der Waals surface area contributed by atoms with E-state index in [1.54, 1.807) is 0 Å². The van der Waals surface area contributed by atoms with Crippen molar-refractivity contribution >= 4 is 17.5 Å². The van der Waals surface area contributed by atoms with E-state index in [1.165, 1.54) is 0 Å². The van der Waals surface area contributed by atoms with Crippen molar-refractivity contribution in [3.8, 4) is 0 Å². The molecule has 5 heteroatoms. The number of aliphatic hydroxyl groups is 1. The summed E-state index contributed by atoms with van der Waals surface area (Å²) in [4.78, 5) is 14.0. The fourth-order valence-corrected chi connectivity index (χ4v) is 3.59. The minimum Gasteiger partial charge on any atom is -0.393 e. The van der Waals surface area contributed by atoms with E-state index in [-0.39, 0.29) is 24.5 Å². The summed E-state index contributed by atoms with van der Waals surface area (Å²) in [7, 11) is 0. The Labute approximate surface area is 129 Å². The molecule has 1 aromatic carbocycles. The van der Waals surface area contributed by atoms with Crippen LogP contribution in [0.2, 0.25) is 5.02 Å². The Bertz CT molecular complexity index is 522. The van der Waals surface area contributed by atoms with E-state index in [1.807, 2.05) is 29.2 Å². The molecule has 1 N–H and O–H groups in total. The van der Waals surface area contributed by atoms with Crippen LogP contribution in [-0.4, -0.2) is 41.7 Å². The molecule has 3 atom stereocenters. The summed E-state index contributed by atoms with van der Waals surface area (Å²) in [5.74, 6) is 0.730. The first-order chi connectivity index (χ1) is 10.1. The lowest BCUT2D eigenvalue weighted by Gasteiger charge is -2.18. The third-order valence-corrected chi connectivity index (χ3v) is 4.98. The molecular formula is C16H20ClNO3. The molecule has 2 fully saturated rings. The predicted octanol–water partition coefficient (Wildman–Crippen LogP) is 2.09. The average Bonchev–Trinajstić information content (AvgIpc) is 3.04. The predicted molar refractivity (Wildman–Crippen MR) is 79.9 cm³/mol. The number of halogens is 1. The molecule has 1 aliphatic heterocycles. The Balaban J connectivity index is 1.46. The molecule has 1 saturated carbocycles. The highest BCUT2D eigenvalue weighted by atomic mass is 35.5. The number of amides is 1. The third kappa shape index (κ3) is 3.23. The van der Waals surface area contributed by atoms with E-state index in [4.69, 9.17) is 16.3 Å². The summed E-state index contributed by atoms with van der Waals surface area (Å²) >= 11 is 6.04. The van der Waals surface area contributed by atoms with Gasteiger partial charge in [0.05, 0.1) is 12.7 Å². The molecule has 0 radical (unpaired) electrons. The smallest absolute Gasteiger partial charge is 0.248 e. The molecule has 3 rings (SSSR count). The standard InChI is InChI=1S/C16H20ClNO3/c17-14-4-2-1-3-12(14)9-21-10-16(20)18-7-11-5-6-15(19)13(11)8-18/h1-4,11,13,15,19H,5-10H2/t11-,13+,15-/m1/s1. The second kappa shape index (κ2) is 6.34. The Kier molecular flexibility index (Phi) is 4.48. The highest BCUT2D eigenvalue weighted by Crippen LogP contribution is 2.38. The Hall–Kier alpha value is -1.10. The molecule has 21 heavy (non-hydrogen) atoms. The number of likely N-dealkylation sites (tertiary alicyclic amines) is 1. The maximum atomic E-state index is 12.1. The van der Waals surface area contributed by atoms with Gasteiger partial charge in [-0.1, -0.05) is 29.8 Å². The van der Waals surface area contributed by atoms with Gasteiger partial charge in [-0.15, -0.1) is 0 Å². The van der Waals surface area contributed by atoms with Gasteiger partial charge in [-0.3, -0.25) is 4.79 Å². The summed E-state index contributed by atoms with van der Waals surface area (Å²) in [6.45, 7) is 1.84. The molecule has 0 aromatic heterocycles. The molecule has 0 spiro atoms. The van der Waals surface area contributed by atoms with Gasteiger partial charge >= 0.3 is 0 Å². The van der Waals surface area contributed by atoms with Crippen molar-refractivity contribution in [3.05, 3.63) is 34.9 Å². The number of carbonyl (C=O) groups is 1. The van der Waals surface area contributed by atoms with E-state index >= 15 is 0 Å². The summed E-state index contributed by atoms with van der Waals surface area (Å²) in [5, 5.41) is 10.5. The number of rotatable bonds is 4. The maximum absolute atomic E-state index is 12.1. The molecule has 114 valence electrons. The number of carbonyl (C=O) groups excluding carboxylic acids is 1. The first-order valence-electron chi connectivity index (χ1n) is 7.42. The van der Waals surface area contributed by atoms with Crippen molar-refractivity contribution in [2.45, 2.75) is 25.6 Å². The molecule has 1 amide bonds. The Morgan fingerprint density at radius 2 is 2.14 bits per heavy atom. The van der Waals surface area contributed by atoms with Crippen molar-refractivity contribution < 1.29 is 14.6 Å². The summed E-state index contributed by atoms with van der Waals surface area (Å²) in [5.41, 5.74) is 0.890. The van der Waals surface area contributed by atoms with E-state index in [2.05, 4.69) is 0 Å². The Morgan fingerprint density at radius 3 is 2.90 bits per heavy atom. The fourth-order valence-electron chi connectivity index (χ4n) is 3.40. The van der Waals surface area contributed by atoms with E-state index in [9.17, 15) is 9.90 Å². The van der Waals surface area contributed by atoms with Gasteiger partial charge in [0.15, 0.2) is 0 Å². The molecule has 0 bridgehead atoms. The first-order valence-corrected chi connectivity index (χ1v) is 7.80. The normalized spacial score (nSPS) is 27.9. The van der Waals surface area contributed by atoms with Gasteiger partial charge < -0.3 is 14.7 Å². The Morgan fingerprint density at radius 1 is 1.33 bits per heavy atom. The minimum absolute atomic E-state index is 0.00338. The molecule has 1 saturated heterocycles. The second-order valence-corrected chi connectivity index (χ2v) is 6.36. The number of aliphatic hydroxyl groups excluding tert-OH is 1. The van der Waals surface area contributed by atoms with Gasteiger partial charge in [0, 0.05) is 24.0 Å². The van der Waals surface area contributed by atoms with Crippen LogP contribution < -0.4 is 0 Å². The van der Waals surface area contributed by atoms with Gasteiger partial charge in [0.1, 0.15) is 6.61 Å². The number of hydrogen-bond acceptors (Lipinski definition) is 3. The number of hydrogen-bond donors (Lipinski definition) is 1. The molecule has 1 heterocycles. The van der Waals surface area contributed by atoms with E-state index < -0.39 is 0 Å². The van der Waals surface area contributed by atoms with Crippen LogP contribution in [0.4, 0.5) is 0 Å². The zero-order valence-corrected chi connectivity index (χ0v) is 12.6. The zero-order valence-electron chi connectivity index (χ0n) is 11.9. The largest absolute Gasteiger partial charge is 0.393 e. The molecule has 0 unspecified atom stereocenters. The molecule has 2 aliphatic rings. The molecular weight excluding hydrogens is 290 g/mol. The van der Waals surface area contributed by atoms with Crippen molar-refractivity contribution in [2.75, 3.05) is 19.7 Å². The monoisotopic (exact) mass is 309 g/mol. The fraction of sp³-hybridized carbons (Fsp3) is 0.562. The van der Waals surface area contributed by atoms with Crippen LogP contribution in [0.3, 0.4) is 0 Å². The van der Waals surface area contributed by atoms with Gasteiger partial charge in [-0.05, 0) is 30.4 Å². The van der Waals surface area contributed by atoms with Gasteiger partial charge in [-0.2, -0.15) is 0 Å². The molecule has 1 aliphatic carbocycles. The first kappa shape index (κ1) is 14.8. The lowest BCUT2D eigenvalue weighted by Crippen LogP contribution is -2.33. The van der Waals surface area contributed by atoms with Crippen molar-refractivity contribution in [1.82, 2.24) is 4.90 Å².